The van der Waals surface area contributed by atoms with E-state index in [1.54, 1.807) is 36.4 Å². The fraction of sp³-hybridized carbons (Fsp3) is 0.100. The molecule has 0 atom stereocenters. The van der Waals surface area contributed by atoms with Crippen LogP contribution in [0, 0.1) is 12.3 Å². The minimum atomic E-state index is -0.486. The molecular formula is C20H14BrClN2O4. The molecule has 0 fully saturated rings. The van der Waals surface area contributed by atoms with Crippen molar-refractivity contribution < 1.29 is 18.7 Å². The van der Waals surface area contributed by atoms with Gasteiger partial charge in [0.25, 0.3) is 0 Å². The molecule has 8 heteroatoms. The average Bonchev–Trinajstić information content (AvgIpc) is 3.10. The third kappa shape index (κ3) is 4.47. The highest BCUT2D eigenvalue weighted by molar-refractivity contribution is 9.10. The molecule has 0 saturated heterocycles. The monoisotopic (exact) mass is 460 g/mol. The van der Waals surface area contributed by atoms with Gasteiger partial charge in [-0.2, -0.15) is 5.10 Å². The standard InChI is InChI=1S/C20H14BrClN2O4/c1-3-6-27-18-10-15(21)13(9-17(18)26-2)11-23-24-20(25)19-8-12-7-14(22)4-5-16(12)28-19/h1,4-5,7-11H,6H2,2H3,(H,24,25)/b23-11+. The summed E-state index contributed by atoms with van der Waals surface area (Å²) in [4.78, 5) is 12.2. The fourth-order valence-corrected chi connectivity index (χ4v) is 2.99. The highest BCUT2D eigenvalue weighted by Crippen LogP contribution is 2.32. The van der Waals surface area contributed by atoms with Crippen molar-refractivity contribution in [1.29, 1.82) is 0 Å². The van der Waals surface area contributed by atoms with E-state index in [9.17, 15) is 4.79 Å². The minimum absolute atomic E-state index is 0.120. The summed E-state index contributed by atoms with van der Waals surface area (Å²) in [6, 6.07) is 10.1. The molecule has 0 radical (unpaired) electrons. The summed E-state index contributed by atoms with van der Waals surface area (Å²) in [5, 5.41) is 5.26. The van der Waals surface area contributed by atoms with Crippen molar-refractivity contribution >= 4 is 50.6 Å². The summed E-state index contributed by atoms with van der Waals surface area (Å²) in [6.45, 7) is 0.120. The number of terminal acetylenes is 1. The van der Waals surface area contributed by atoms with Gasteiger partial charge in [0.1, 0.15) is 12.2 Å². The van der Waals surface area contributed by atoms with Gasteiger partial charge in [0.05, 0.1) is 13.3 Å². The van der Waals surface area contributed by atoms with Crippen molar-refractivity contribution in [2.75, 3.05) is 13.7 Å². The number of ether oxygens (including phenoxy) is 2. The van der Waals surface area contributed by atoms with E-state index in [2.05, 4.69) is 32.4 Å². The molecular weight excluding hydrogens is 448 g/mol. The number of furan rings is 1. The Hall–Kier alpha value is -2.95. The summed E-state index contributed by atoms with van der Waals surface area (Å²) in [6.07, 6.45) is 6.67. The second kappa shape index (κ2) is 8.83. The van der Waals surface area contributed by atoms with Crippen LogP contribution >= 0.6 is 27.5 Å². The van der Waals surface area contributed by atoms with E-state index >= 15 is 0 Å². The summed E-state index contributed by atoms with van der Waals surface area (Å²) < 4.78 is 16.9. The van der Waals surface area contributed by atoms with Crippen LogP contribution in [0.3, 0.4) is 0 Å². The number of fused-ring (bicyclic) bond motifs is 1. The van der Waals surface area contributed by atoms with E-state index in [-0.39, 0.29) is 12.4 Å². The first kappa shape index (κ1) is 19.8. The number of halogens is 2. The maximum absolute atomic E-state index is 12.2. The molecule has 0 bridgehead atoms. The number of nitrogens with one attached hydrogen (secondary N) is 1. The number of methoxy groups -OCH3 is 1. The second-order valence-corrected chi connectivity index (χ2v) is 6.80. The average molecular weight is 462 g/mol. The number of carbonyl (C=O) groups excluding carboxylic acids is 1. The normalized spacial score (nSPS) is 10.8. The van der Waals surface area contributed by atoms with Crippen molar-refractivity contribution in [3.05, 3.63) is 57.2 Å². The molecule has 3 aromatic rings. The van der Waals surface area contributed by atoms with E-state index in [0.717, 1.165) is 5.39 Å². The van der Waals surface area contributed by atoms with Gasteiger partial charge in [0.2, 0.25) is 0 Å². The van der Waals surface area contributed by atoms with E-state index in [0.29, 0.717) is 32.1 Å². The number of hydrazone groups is 1. The zero-order chi connectivity index (χ0) is 20.1. The van der Waals surface area contributed by atoms with Gasteiger partial charge in [-0.05, 0) is 52.3 Å². The van der Waals surface area contributed by atoms with Crippen LogP contribution in [0.1, 0.15) is 16.1 Å². The largest absolute Gasteiger partial charge is 0.493 e. The molecule has 1 heterocycles. The number of rotatable bonds is 6. The van der Waals surface area contributed by atoms with Gasteiger partial charge in [0, 0.05) is 20.4 Å². The van der Waals surface area contributed by atoms with Gasteiger partial charge in [-0.1, -0.05) is 17.5 Å². The number of carbonyl (C=O) groups is 1. The summed E-state index contributed by atoms with van der Waals surface area (Å²) in [5.41, 5.74) is 3.65. The van der Waals surface area contributed by atoms with Crippen LogP contribution in [-0.4, -0.2) is 25.8 Å². The lowest BCUT2D eigenvalue weighted by atomic mass is 10.2. The molecule has 0 aliphatic carbocycles. The van der Waals surface area contributed by atoms with Crippen LogP contribution in [0.2, 0.25) is 5.02 Å². The highest BCUT2D eigenvalue weighted by atomic mass is 79.9. The zero-order valence-corrected chi connectivity index (χ0v) is 17.0. The molecule has 142 valence electrons. The van der Waals surface area contributed by atoms with Gasteiger partial charge in [-0.3, -0.25) is 4.79 Å². The van der Waals surface area contributed by atoms with Crippen molar-refractivity contribution in [2.24, 2.45) is 5.10 Å². The molecule has 2 aromatic carbocycles. The van der Waals surface area contributed by atoms with Crippen LogP contribution in [0.15, 0.2) is 50.4 Å². The topological polar surface area (TPSA) is 73.1 Å². The molecule has 0 unspecified atom stereocenters. The van der Waals surface area contributed by atoms with Gasteiger partial charge < -0.3 is 13.9 Å². The Labute approximate surface area is 174 Å². The lowest BCUT2D eigenvalue weighted by Gasteiger charge is -2.10. The first-order valence-corrected chi connectivity index (χ1v) is 9.15. The van der Waals surface area contributed by atoms with Crippen molar-refractivity contribution in [3.63, 3.8) is 0 Å². The third-order valence-corrected chi connectivity index (χ3v) is 4.59. The fourth-order valence-electron chi connectivity index (χ4n) is 2.38. The summed E-state index contributed by atoms with van der Waals surface area (Å²) in [5.74, 6) is 3.02. The maximum atomic E-state index is 12.2. The molecule has 0 saturated carbocycles. The Morgan fingerprint density at radius 3 is 2.93 bits per heavy atom. The Kier molecular flexibility index (Phi) is 6.24. The molecule has 3 rings (SSSR count). The van der Waals surface area contributed by atoms with Crippen molar-refractivity contribution in [3.8, 4) is 23.8 Å². The summed E-state index contributed by atoms with van der Waals surface area (Å²) in [7, 11) is 1.52. The number of hydrogen-bond donors (Lipinski definition) is 1. The number of hydrogen-bond acceptors (Lipinski definition) is 5. The summed E-state index contributed by atoms with van der Waals surface area (Å²) >= 11 is 9.36. The smallest absolute Gasteiger partial charge is 0.307 e. The van der Waals surface area contributed by atoms with Crippen LogP contribution in [0.4, 0.5) is 0 Å². The van der Waals surface area contributed by atoms with Gasteiger partial charge in [-0.25, -0.2) is 5.43 Å². The van der Waals surface area contributed by atoms with Gasteiger partial charge >= 0.3 is 5.91 Å². The third-order valence-electron chi connectivity index (χ3n) is 3.67. The van der Waals surface area contributed by atoms with Crippen LogP contribution in [-0.2, 0) is 0 Å². The van der Waals surface area contributed by atoms with Crippen LogP contribution in [0.5, 0.6) is 11.5 Å². The lowest BCUT2D eigenvalue weighted by Crippen LogP contribution is -2.16. The molecule has 1 aromatic heterocycles. The Morgan fingerprint density at radius 2 is 2.18 bits per heavy atom. The van der Waals surface area contributed by atoms with Crippen molar-refractivity contribution in [2.45, 2.75) is 0 Å². The number of amides is 1. The molecule has 28 heavy (non-hydrogen) atoms. The number of nitrogens with zero attached hydrogens (tertiary/aromatic N) is 1. The van der Waals surface area contributed by atoms with E-state index < -0.39 is 5.91 Å². The first-order chi connectivity index (χ1) is 13.5. The van der Waals surface area contributed by atoms with Gasteiger partial charge in [0.15, 0.2) is 17.3 Å². The molecule has 1 N–H and O–H groups in total. The highest BCUT2D eigenvalue weighted by Gasteiger charge is 2.12. The zero-order valence-electron chi connectivity index (χ0n) is 14.7. The SMILES string of the molecule is C#CCOc1cc(Br)c(/C=N/NC(=O)c2cc3cc(Cl)ccc3o2)cc1OC. The molecule has 0 spiro atoms. The molecule has 6 nitrogen and oxygen atoms in total. The first-order valence-electron chi connectivity index (χ1n) is 7.98. The predicted octanol–water partition coefficient (Wildman–Crippen LogP) is 4.63. The Bertz CT molecular complexity index is 1100. The molecule has 0 aliphatic rings. The van der Waals surface area contributed by atoms with Crippen molar-refractivity contribution in [1.82, 2.24) is 5.43 Å². The number of benzene rings is 2. The second-order valence-electron chi connectivity index (χ2n) is 5.51. The van der Waals surface area contributed by atoms with Gasteiger partial charge in [-0.15, -0.1) is 6.42 Å². The quantitative estimate of drug-likeness (QED) is 0.330. The Morgan fingerprint density at radius 1 is 1.36 bits per heavy atom. The Balaban J connectivity index is 1.74. The van der Waals surface area contributed by atoms with Crippen LogP contribution < -0.4 is 14.9 Å². The molecule has 1 amide bonds. The minimum Gasteiger partial charge on any atom is -0.493 e. The maximum Gasteiger partial charge on any atom is 0.307 e. The van der Waals surface area contributed by atoms with E-state index in [1.165, 1.54) is 13.3 Å². The van der Waals surface area contributed by atoms with E-state index in [1.807, 2.05) is 0 Å². The predicted molar refractivity (Wildman–Crippen MR) is 111 cm³/mol. The lowest BCUT2D eigenvalue weighted by molar-refractivity contribution is 0.0929. The molecule has 0 aliphatic heterocycles. The van der Waals surface area contributed by atoms with E-state index in [4.69, 9.17) is 31.9 Å². The van der Waals surface area contributed by atoms with Crippen LogP contribution in [0.25, 0.3) is 11.0 Å².